The lowest BCUT2D eigenvalue weighted by Crippen LogP contribution is -2.37. The second-order valence-corrected chi connectivity index (χ2v) is 3.33. The molecule has 0 fully saturated rings. The third kappa shape index (κ3) is 5.04. The normalized spacial score (nSPS) is 18.4. The van der Waals surface area contributed by atoms with Crippen molar-refractivity contribution in [2.75, 3.05) is 6.61 Å². The summed E-state index contributed by atoms with van der Waals surface area (Å²) in [5, 5.41) is 8.47. The van der Waals surface area contributed by atoms with Crippen molar-refractivity contribution >= 4 is 0 Å². The highest BCUT2D eigenvalue weighted by atomic mass is 19.4. The Morgan fingerprint density at radius 1 is 1.50 bits per heavy atom. The van der Waals surface area contributed by atoms with Crippen molar-refractivity contribution < 1.29 is 17.9 Å². The zero-order valence-electron chi connectivity index (χ0n) is 8.06. The van der Waals surface area contributed by atoms with E-state index < -0.39 is 17.8 Å². The standard InChI is InChI=1S/C8H13F3N2O/c1-6(8(9,10)11)14-4-3-7(2,13)5-12/h6H,3-4,13H2,1-2H3. The van der Waals surface area contributed by atoms with E-state index in [4.69, 9.17) is 11.0 Å². The van der Waals surface area contributed by atoms with Gasteiger partial charge < -0.3 is 10.5 Å². The summed E-state index contributed by atoms with van der Waals surface area (Å²) in [6.07, 6.45) is -6.11. The lowest BCUT2D eigenvalue weighted by Gasteiger charge is -2.19. The van der Waals surface area contributed by atoms with Crippen molar-refractivity contribution in [2.24, 2.45) is 5.73 Å². The van der Waals surface area contributed by atoms with Crippen molar-refractivity contribution in [3.63, 3.8) is 0 Å². The zero-order chi connectivity index (χ0) is 11.4. The van der Waals surface area contributed by atoms with Gasteiger partial charge in [0.25, 0.3) is 0 Å². The van der Waals surface area contributed by atoms with Gasteiger partial charge in [0.15, 0.2) is 6.10 Å². The van der Waals surface area contributed by atoms with Crippen LogP contribution in [0.15, 0.2) is 0 Å². The van der Waals surface area contributed by atoms with E-state index in [2.05, 4.69) is 4.74 Å². The molecule has 0 bridgehead atoms. The van der Waals surface area contributed by atoms with E-state index in [0.717, 1.165) is 6.92 Å². The fourth-order valence-electron chi connectivity index (χ4n) is 0.598. The lowest BCUT2D eigenvalue weighted by molar-refractivity contribution is -0.214. The van der Waals surface area contributed by atoms with Crippen molar-refractivity contribution in [2.45, 2.75) is 38.1 Å². The van der Waals surface area contributed by atoms with Gasteiger partial charge in [-0.1, -0.05) is 0 Å². The molecule has 0 aromatic carbocycles. The molecule has 14 heavy (non-hydrogen) atoms. The van der Waals surface area contributed by atoms with Gasteiger partial charge in [-0.15, -0.1) is 0 Å². The Morgan fingerprint density at radius 2 is 2.00 bits per heavy atom. The molecule has 82 valence electrons. The number of nitriles is 1. The quantitative estimate of drug-likeness (QED) is 0.766. The summed E-state index contributed by atoms with van der Waals surface area (Å²) in [6, 6.07) is 1.77. The van der Waals surface area contributed by atoms with Crippen LogP contribution in [0.4, 0.5) is 13.2 Å². The van der Waals surface area contributed by atoms with Gasteiger partial charge in [-0.2, -0.15) is 18.4 Å². The first-order valence-corrected chi connectivity index (χ1v) is 4.07. The maximum atomic E-state index is 11.9. The van der Waals surface area contributed by atoms with Gasteiger partial charge in [0, 0.05) is 6.42 Å². The number of hydrogen-bond donors (Lipinski definition) is 1. The molecule has 2 unspecified atom stereocenters. The minimum Gasteiger partial charge on any atom is -0.369 e. The Morgan fingerprint density at radius 3 is 2.36 bits per heavy atom. The monoisotopic (exact) mass is 210 g/mol. The number of ether oxygens (including phenoxy) is 1. The van der Waals surface area contributed by atoms with Crippen LogP contribution in [-0.4, -0.2) is 24.4 Å². The molecule has 0 heterocycles. The largest absolute Gasteiger partial charge is 0.414 e. The predicted octanol–water partition coefficient (Wildman–Crippen LogP) is 1.58. The summed E-state index contributed by atoms with van der Waals surface area (Å²) in [7, 11) is 0. The van der Waals surface area contributed by atoms with Gasteiger partial charge in [-0.25, -0.2) is 0 Å². The summed E-state index contributed by atoms with van der Waals surface area (Å²) in [6.45, 7) is 2.18. The van der Waals surface area contributed by atoms with Gasteiger partial charge in [0.2, 0.25) is 0 Å². The Balaban J connectivity index is 3.83. The van der Waals surface area contributed by atoms with E-state index in [1.54, 1.807) is 6.07 Å². The number of halogens is 3. The molecule has 0 aromatic heterocycles. The summed E-state index contributed by atoms with van der Waals surface area (Å²) < 4.78 is 40.3. The molecule has 0 spiro atoms. The highest BCUT2D eigenvalue weighted by molar-refractivity contribution is 5.00. The fraction of sp³-hybridized carbons (Fsp3) is 0.875. The third-order valence-electron chi connectivity index (χ3n) is 1.71. The van der Waals surface area contributed by atoms with E-state index in [1.807, 2.05) is 0 Å². The minimum atomic E-state index is -4.36. The van der Waals surface area contributed by atoms with E-state index in [-0.39, 0.29) is 13.0 Å². The molecule has 0 aromatic rings. The maximum absolute atomic E-state index is 11.9. The van der Waals surface area contributed by atoms with Crippen LogP contribution in [-0.2, 0) is 4.74 Å². The van der Waals surface area contributed by atoms with Gasteiger partial charge in [0.05, 0.1) is 12.7 Å². The van der Waals surface area contributed by atoms with Crippen LogP contribution >= 0.6 is 0 Å². The van der Waals surface area contributed by atoms with Crippen LogP contribution in [0.3, 0.4) is 0 Å². The third-order valence-corrected chi connectivity index (χ3v) is 1.71. The Bertz CT molecular complexity index is 220. The maximum Gasteiger partial charge on any atom is 0.414 e. The van der Waals surface area contributed by atoms with Crippen molar-refractivity contribution in [3.8, 4) is 6.07 Å². The van der Waals surface area contributed by atoms with Crippen LogP contribution < -0.4 is 5.73 Å². The summed E-state index contributed by atoms with van der Waals surface area (Å²) >= 11 is 0. The molecule has 0 aliphatic heterocycles. The molecule has 0 radical (unpaired) electrons. The fourth-order valence-corrected chi connectivity index (χ4v) is 0.598. The number of rotatable bonds is 4. The highest BCUT2D eigenvalue weighted by Crippen LogP contribution is 2.22. The first kappa shape index (κ1) is 13.2. The van der Waals surface area contributed by atoms with Crippen LogP contribution in [0.5, 0.6) is 0 Å². The number of nitrogens with zero attached hydrogens (tertiary/aromatic N) is 1. The van der Waals surface area contributed by atoms with Gasteiger partial charge in [-0.05, 0) is 13.8 Å². The summed E-state index contributed by atoms with van der Waals surface area (Å²) in [5.41, 5.74) is 4.26. The summed E-state index contributed by atoms with van der Waals surface area (Å²) in [5.74, 6) is 0. The van der Waals surface area contributed by atoms with E-state index in [0.29, 0.717) is 0 Å². The van der Waals surface area contributed by atoms with E-state index >= 15 is 0 Å². The van der Waals surface area contributed by atoms with Crippen molar-refractivity contribution in [3.05, 3.63) is 0 Å². The van der Waals surface area contributed by atoms with E-state index in [9.17, 15) is 13.2 Å². The molecular weight excluding hydrogens is 197 g/mol. The molecule has 0 saturated carbocycles. The molecule has 3 nitrogen and oxygen atoms in total. The predicted molar refractivity (Wildman–Crippen MR) is 44.3 cm³/mol. The zero-order valence-corrected chi connectivity index (χ0v) is 8.06. The Kier molecular flexibility index (Phi) is 4.36. The first-order valence-electron chi connectivity index (χ1n) is 4.07. The second kappa shape index (κ2) is 4.62. The molecule has 0 saturated heterocycles. The highest BCUT2D eigenvalue weighted by Gasteiger charge is 2.37. The lowest BCUT2D eigenvalue weighted by atomic mass is 10.0. The number of alkyl halides is 3. The number of nitrogens with two attached hydrogens (primary N) is 1. The minimum absolute atomic E-state index is 0.0733. The van der Waals surface area contributed by atoms with Crippen molar-refractivity contribution in [1.82, 2.24) is 0 Å². The van der Waals surface area contributed by atoms with Crippen LogP contribution in [0.25, 0.3) is 0 Å². The molecule has 6 heteroatoms. The van der Waals surface area contributed by atoms with Crippen LogP contribution in [0.2, 0.25) is 0 Å². The van der Waals surface area contributed by atoms with Gasteiger partial charge >= 0.3 is 6.18 Å². The molecule has 0 aliphatic carbocycles. The average Bonchev–Trinajstić information content (AvgIpc) is 2.02. The van der Waals surface area contributed by atoms with Crippen molar-refractivity contribution in [1.29, 1.82) is 5.26 Å². The SMILES string of the molecule is CC(OCCC(C)(N)C#N)C(F)(F)F. The van der Waals surface area contributed by atoms with Crippen LogP contribution in [0, 0.1) is 11.3 Å². The Hall–Kier alpha value is -0.800. The van der Waals surface area contributed by atoms with E-state index in [1.165, 1.54) is 6.92 Å². The molecule has 0 rings (SSSR count). The number of hydrogen-bond acceptors (Lipinski definition) is 3. The first-order chi connectivity index (χ1) is 6.19. The molecular formula is C8H13F3N2O. The average molecular weight is 210 g/mol. The molecule has 0 amide bonds. The Labute approximate surface area is 80.6 Å². The topological polar surface area (TPSA) is 59.0 Å². The smallest absolute Gasteiger partial charge is 0.369 e. The van der Waals surface area contributed by atoms with Gasteiger partial charge in [-0.3, -0.25) is 0 Å². The van der Waals surface area contributed by atoms with Crippen LogP contribution in [0.1, 0.15) is 20.3 Å². The second-order valence-electron chi connectivity index (χ2n) is 3.33. The summed E-state index contributed by atoms with van der Waals surface area (Å²) in [4.78, 5) is 0. The molecule has 0 aliphatic rings. The molecule has 2 atom stereocenters. The van der Waals surface area contributed by atoms with Gasteiger partial charge in [0.1, 0.15) is 5.54 Å². The molecule has 2 N–H and O–H groups in total.